The number of aryl methyl sites for hydroxylation is 1. The van der Waals surface area contributed by atoms with Crippen molar-refractivity contribution in [2.24, 2.45) is 5.73 Å². The minimum absolute atomic E-state index is 0.150. The van der Waals surface area contributed by atoms with Crippen molar-refractivity contribution in [3.63, 3.8) is 0 Å². The van der Waals surface area contributed by atoms with E-state index in [0.29, 0.717) is 51.3 Å². The van der Waals surface area contributed by atoms with Gasteiger partial charge < -0.3 is 25.1 Å². The molecule has 160 valence electrons. The Bertz CT molecular complexity index is 1280. The Labute approximate surface area is 183 Å². The average Bonchev–Trinajstić information content (AvgIpc) is 2.79. The highest BCUT2D eigenvalue weighted by Gasteiger charge is 2.22. The van der Waals surface area contributed by atoms with Gasteiger partial charge in [0.15, 0.2) is 0 Å². The smallest absolute Gasteiger partial charge is 0.200 e. The Kier molecular flexibility index (Phi) is 5.98. The van der Waals surface area contributed by atoms with E-state index in [1.54, 1.807) is 54.6 Å². The first-order chi connectivity index (χ1) is 14.9. The maximum Gasteiger partial charge on any atom is 0.200 e. The third-order valence-electron chi connectivity index (χ3n) is 5.30. The Morgan fingerprint density at radius 2 is 1.61 bits per heavy atom. The van der Waals surface area contributed by atoms with Crippen molar-refractivity contribution in [2.75, 3.05) is 13.2 Å². The predicted octanol–water partition coefficient (Wildman–Crippen LogP) is 4.01. The van der Waals surface area contributed by atoms with Crippen LogP contribution in [0.25, 0.3) is 21.9 Å². The fourth-order valence-corrected chi connectivity index (χ4v) is 3.46. The largest absolute Gasteiger partial charge is 0.457 e. The van der Waals surface area contributed by atoms with Gasteiger partial charge in [0.1, 0.15) is 22.7 Å². The number of nitrogens with two attached hydrogens (primary N) is 1. The number of hydrogen-bond donors (Lipinski definition) is 3. The molecule has 0 saturated heterocycles. The summed E-state index contributed by atoms with van der Waals surface area (Å²) in [6, 6.07) is 17.4. The summed E-state index contributed by atoms with van der Waals surface area (Å²) in [7, 11) is 0. The van der Waals surface area contributed by atoms with Crippen LogP contribution in [-0.2, 0) is 6.42 Å². The molecule has 0 fully saturated rings. The van der Waals surface area contributed by atoms with E-state index in [9.17, 15) is 15.0 Å². The summed E-state index contributed by atoms with van der Waals surface area (Å²) in [6.45, 7) is -0.617. The van der Waals surface area contributed by atoms with E-state index in [1.807, 2.05) is 6.07 Å². The molecule has 4 rings (SSSR count). The first-order valence-electron chi connectivity index (χ1n) is 9.84. The summed E-state index contributed by atoms with van der Waals surface area (Å²) >= 11 is 5.90. The van der Waals surface area contributed by atoms with Crippen LogP contribution in [0.15, 0.2) is 69.9 Å². The topological polar surface area (TPSA) is 106 Å². The van der Waals surface area contributed by atoms with Crippen LogP contribution in [0.3, 0.4) is 0 Å². The van der Waals surface area contributed by atoms with Crippen molar-refractivity contribution in [3.8, 4) is 11.5 Å². The van der Waals surface area contributed by atoms with E-state index in [4.69, 9.17) is 26.5 Å². The number of fused-ring (bicyclic) bond motifs is 2. The van der Waals surface area contributed by atoms with Crippen LogP contribution < -0.4 is 15.9 Å². The molecule has 0 aliphatic heterocycles. The number of halogens is 1. The molecule has 1 aromatic heterocycles. The highest BCUT2D eigenvalue weighted by Crippen LogP contribution is 2.28. The maximum atomic E-state index is 13.0. The highest BCUT2D eigenvalue weighted by molar-refractivity contribution is 6.30. The van der Waals surface area contributed by atoms with Crippen LogP contribution in [0, 0.1) is 0 Å². The molecule has 0 saturated carbocycles. The number of rotatable bonds is 7. The lowest BCUT2D eigenvalue weighted by Crippen LogP contribution is -2.47. The van der Waals surface area contributed by atoms with Gasteiger partial charge in [0.05, 0.1) is 29.5 Å². The summed E-state index contributed by atoms with van der Waals surface area (Å²) in [5, 5.41) is 20.2. The minimum Gasteiger partial charge on any atom is -0.457 e. The van der Waals surface area contributed by atoms with Gasteiger partial charge in [0.25, 0.3) is 0 Å². The van der Waals surface area contributed by atoms with Crippen molar-refractivity contribution < 1.29 is 19.4 Å². The van der Waals surface area contributed by atoms with E-state index < -0.39 is 5.54 Å². The normalized spacial score (nSPS) is 11.9. The molecule has 4 aromatic rings. The van der Waals surface area contributed by atoms with Crippen molar-refractivity contribution in [1.82, 2.24) is 0 Å². The summed E-state index contributed by atoms with van der Waals surface area (Å²) < 4.78 is 11.8. The van der Waals surface area contributed by atoms with Gasteiger partial charge in [-0.1, -0.05) is 17.7 Å². The number of hydrogen-bond acceptors (Lipinski definition) is 6. The number of aliphatic hydroxyl groups is 2. The molecule has 7 heteroatoms. The molecule has 0 amide bonds. The van der Waals surface area contributed by atoms with Crippen LogP contribution >= 0.6 is 11.6 Å². The van der Waals surface area contributed by atoms with Gasteiger partial charge in [-0.25, -0.2) is 0 Å². The molecule has 0 unspecified atom stereocenters. The zero-order valence-corrected chi connectivity index (χ0v) is 17.4. The second-order valence-corrected chi connectivity index (χ2v) is 8.09. The Balaban J connectivity index is 1.65. The molecule has 0 bridgehead atoms. The zero-order valence-electron chi connectivity index (χ0n) is 16.7. The van der Waals surface area contributed by atoms with Gasteiger partial charge in [-0.15, -0.1) is 0 Å². The summed E-state index contributed by atoms with van der Waals surface area (Å²) in [5.41, 5.74) is 6.57. The van der Waals surface area contributed by atoms with E-state index in [0.717, 1.165) is 5.56 Å². The molecule has 31 heavy (non-hydrogen) atoms. The van der Waals surface area contributed by atoms with E-state index in [1.165, 1.54) is 0 Å². The van der Waals surface area contributed by atoms with Crippen molar-refractivity contribution in [3.05, 3.63) is 81.5 Å². The average molecular weight is 440 g/mol. The lowest BCUT2D eigenvalue weighted by molar-refractivity contribution is 0.115. The molecule has 4 N–H and O–H groups in total. The monoisotopic (exact) mass is 439 g/mol. The molecule has 0 spiro atoms. The fraction of sp³-hybridized carbons (Fsp3) is 0.208. The van der Waals surface area contributed by atoms with Crippen LogP contribution in [-0.4, -0.2) is 29.0 Å². The lowest BCUT2D eigenvalue weighted by Gasteiger charge is -2.24. The molecular formula is C24H22ClNO5. The van der Waals surface area contributed by atoms with E-state index >= 15 is 0 Å². The number of aliphatic hydroxyl groups excluding tert-OH is 2. The molecule has 6 nitrogen and oxygen atoms in total. The van der Waals surface area contributed by atoms with E-state index in [-0.39, 0.29) is 18.6 Å². The van der Waals surface area contributed by atoms with Crippen LogP contribution in [0.4, 0.5) is 0 Å². The zero-order chi connectivity index (χ0) is 22.0. The first-order valence-corrected chi connectivity index (χ1v) is 10.2. The summed E-state index contributed by atoms with van der Waals surface area (Å²) in [4.78, 5) is 13.0. The molecule has 0 radical (unpaired) electrons. The second-order valence-electron chi connectivity index (χ2n) is 7.65. The molecular weight excluding hydrogens is 418 g/mol. The van der Waals surface area contributed by atoms with Gasteiger partial charge >= 0.3 is 0 Å². The maximum absolute atomic E-state index is 13.0. The second kappa shape index (κ2) is 8.69. The minimum atomic E-state index is -1.04. The first kappa shape index (κ1) is 21.3. The van der Waals surface area contributed by atoms with Crippen LogP contribution in [0.2, 0.25) is 5.02 Å². The highest BCUT2D eigenvalue weighted by atomic mass is 35.5. The molecule has 1 heterocycles. The molecule has 3 aromatic carbocycles. The predicted molar refractivity (Wildman–Crippen MR) is 121 cm³/mol. The standard InChI is InChI=1S/C24H22ClNO5/c25-16-2-4-17(5-3-16)30-18-6-8-21-20(12-18)23(29)19-7-1-15(11-22(19)31-21)9-10-24(26,13-27)14-28/h1-8,11-12,27-28H,9-10,13-14,26H2. The Morgan fingerprint density at radius 1 is 0.903 bits per heavy atom. The van der Waals surface area contributed by atoms with Crippen molar-refractivity contribution >= 4 is 33.5 Å². The van der Waals surface area contributed by atoms with Crippen LogP contribution in [0.1, 0.15) is 12.0 Å². The molecule has 0 aliphatic rings. The SMILES string of the molecule is NC(CO)(CO)CCc1ccc2c(=O)c3cc(Oc4ccc(Cl)cc4)ccc3oc2c1. The van der Waals surface area contributed by atoms with Gasteiger partial charge in [-0.2, -0.15) is 0 Å². The van der Waals surface area contributed by atoms with Crippen LogP contribution in [0.5, 0.6) is 11.5 Å². The molecule has 0 aliphatic carbocycles. The quantitative estimate of drug-likeness (QED) is 0.376. The number of benzene rings is 3. The van der Waals surface area contributed by atoms with Gasteiger partial charge in [-0.3, -0.25) is 4.79 Å². The third kappa shape index (κ3) is 4.57. The molecule has 0 atom stereocenters. The Morgan fingerprint density at radius 3 is 2.32 bits per heavy atom. The Hall–Kier alpha value is -2.90. The van der Waals surface area contributed by atoms with Gasteiger partial charge in [-0.05, 0) is 73.0 Å². The summed E-state index contributed by atoms with van der Waals surface area (Å²) in [5.74, 6) is 1.13. The number of ether oxygens (including phenoxy) is 1. The third-order valence-corrected chi connectivity index (χ3v) is 5.55. The van der Waals surface area contributed by atoms with Crippen molar-refractivity contribution in [1.29, 1.82) is 0 Å². The van der Waals surface area contributed by atoms with E-state index in [2.05, 4.69) is 0 Å². The van der Waals surface area contributed by atoms with Crippen molar-refractivity contribution in [2.45, 2.75) is 18.4 Å². The van der Waals surface area contributed by atoms with Gasteiger partial charge in [0, 0.05) is 5.02 Å². The fourth-order valence-electron chi connectivity index (χ4n) is 3.34. The van der Waals surface area contributed by atoms with Gasteiger partial charge in [0.2, 0.25) is 5.43 Å². The summed E-state index contributed by atoms with van der Waals surface area (Å²) in [6.07, 6.45) is 0.928. The lowest BCUT2D eigenvalue weighted by atomic mass is 9.93.